The van der Waals surface area contributed by atoms with Crippen molar-refractivity contribution in [3.63, 3.8) is 0 Å². The quantitative estimate of drug-likeness (QED) is 0.583. The maximum absolute atomic E-state index is 13.4. The van der Waals surface area contributed by atoms with Gasteiger partial charge in [0.1, 0.15) is 17.5 Å². The summed E-state index contributed by atoms with van der Waals surface area (Å²) in [7, 11) is 1.65. The van der Waals surface area contributed by atoms with Gasteiger partial charge in [0.15, 0.2) is 0 Å². The van der Waals surface area contributed by atoms with E-state index >= 15 is 0 Å². The number of nitriles is 1. The molecule has 2 aromatic carbocycles. The third-order valence-electron chi connectivity index (χ3n) is 5.33. The van der Waals surface area contributed by atoms with Gasteiger partial charge >= 0.3 is 0 Å². The minimum Gasteiger partial charge on any atom is -0.497 e. The Kier molecular flexibility index (Phi) is 5.77. The molecule has 0 aliphatic carbocycles. The maximum atomic E-state index is 13.4. The molecule has 3 aromatic rings. The molecule has 4 rings (SSSR count). The molecule has 0 radical (unpaired) electrons. The number of para-hydroxylation sites is 1. The van der Waals surface area contributed by atoms with Gasteiger partial charge in [0.25, 0.3) is 5.91 Å². The standard InChI is InChI=1S/C23H21BrN4O2/c1-30-19-8-6-18(7-9-19)26-12-14-27(15-13-26)23(29)22-17(16-25)10-11-28(22)21-5-3-2-4-20(21)24/h2-11H,12-15H2,1H3. The average Bonchev–Trinajstić information content (AvgIpc) is 3.23. The van der Waals surface area contributed by atoms with Crippen LogP contribution in [0, 0.1) is 11.3 Å². The molecule has 1 aliphatic heterocycles. The van der Waals surface area contributed by atoms with Crippen molar-refractivity contribution in [1.82, 2.24) is 9.47 Å². The van der Waals surface area contributed by atoms with Gasteiger partial charge in [0.05, 0.1) is 18.4 Å². The number of anilines is 1. The fourth-order valence-corrected chi connectivity index (χ4v) is 4.17. The largest absolute Gasteiger partial charge is 0.497 e. The number of nitrogens with zero attached hydrogens (tertiary/aromatic N) is 4. The van der Waals surface area contributed by atoms with E-state index in [9.17, 15) is 10.1 Å². The summed E-state index contributed by atoms with van der Waals surface area (Å²) in [5.41, 5.74) is 2.73. The van der Waals surface area contributed by atoms with Crippen molar-refractivity contribution in [2.45, 2.75) is 0 Å². The second kappa shape index (κ2) is 8.64. The predicted molar refractivity (Wildman–Crippen MR) is 119 cm³/mol. The molecule has 0 atom stereocenters. The number of amides is 1. The fraction of sp³-hybridized carbons (Fsp3) is 0.217. The maximum Gasteiger partial charge on any atom is 0.272 e. The van der Waals surface area contributed by atoms with Crippen LogP contribution in [0.1, 0.15) is 16.1 Å². The lowest BCUT2D eigenvalue weighted by Gasteiger charge is -2.36. The van der Waals surface area contributed by atoms with E-state index in [1.807, 2.05) is 53.4 Å². The van der Waals surface area contributed by atoms with Crippen LogP contribution in [-0.4, -0.2) is 48.7 Å². The summed E-state index contributed by atoms with van der Waals surface area (Å²) in [6.07, 6.45) is 1.78. The Labute approximate surface area is 184 Å². The first-order valence-electron chi connectivity index (χ1n) is 9.67. The lowest BCUT2D eigenvalue weighted by molar-refractivity contribution is 0.0738. The van der Waals surface area contributed by atoms with Crippen LogP contribution in [-0.2, 0) is 0 Å². The van der Waals surface area contributed by atoms with Crippen LogP contribution < -0.4 is 9.64 Å². The van der Waals surface area contributed by atoms with Crippen molar-refractivity contribution >= 4 is 27.5 Å². The van der Waals surface area contributed by atoms with Gasteiger partial charge in [-0.25, -0.2) is 0 Å². The number of aromatic nitrogens is 1. The number of piperazine rings is 1. The van der Waals surface area contributed by atoms with Gasteiger partial charge in [-0.3, -0.25) is 4.79 Å². The number of carbonyl (C=O) groups is 1. The van der Waals surface area contributed by atoms with Crippen LogP contribution in [0.5, 0.6) is 5.75 Å². The van der Waals surface area contributed by atoms with Gasteiger partial charge in [0, 0.05) is 42.5 Å². The average molecular weight is 465 g/mol. The van der Waals surface area contributed by atoms with Gasteiger partial charge in [-0.05, 0) is 58.4 Å². The first kappa shape index (κ1) is 20.0. The van der Waals surface area contributed by atoms with Crippen LogP contribution in [0.2, 0.25) is 0 Å². The molecule has 1 aromatic heterocycles. The van der Waals surface area contributed by atoms with Gasteiger partial charge in [0.2, 0.25) is 0 Å². The van der Waals surface area contributed by atoms with E-state index in [1.54, 1.807) is 23.9 Å². The van der Waals surface area contributed by atoms with Crippen molar-refractivity contribution < 1.29 is 9.53 Å². The normalized spacial score (nSPS) is 13.8. The summed E-state index contributed by atoms with van der Waals surface area (Å²) in [5, 5.41) is 9.56. The van der Waals surface area contributed by atoms with Crippen LogP contribution in [0.4, 0.5) is 5.69 Å². The Hall–Kier alpha value is -3.24. The van der Waals surface area contributed by atoms with Gasteiger partial charge < -0.3 is 19.1 Å². The Morgan fingerprint density at radius 1 is 1.03 bits per heavy atom. The van der Waals surface area contributed by atoms with Crippen LogP contribution >= 0.6 is 15.9 Å². The number of benzene rings is 2. The van der Waals surface area contributed by atoms with Gasteiger partial charge in [-0.2, -0.15) is 5.26 Å². The zero-order chi connectivity index (χ0) is 21.1. The van der Waals surface area contributed by atoms with Crippen molar-refractivity contribution in [2.75, 3.05) is 38.2 Å². The molecule has 152 valence electrons. The highest BCUT2D eigenvalue weighted by Gasteiger charge is 2.27. The number of ether oxygens (including phenoxy) is 1. The molecule has 1 saturated heterocycles. The summed E-state index contributed by atoms with van der Waals surface area (Å²) >= 11 is 3.54. The number of carbonyl (C=O) groups excluding carboxylic acids is 1. The summed E-state index contributed by atoms with van der Waals surface area (Å²) in [6.45, 7) is 2.65. The third-order valence-corrected chi connectivity index (χ3v) is 6.00. The topological polar surface area (TPSA) is 61.5 Å². The SMILES string of the molecule is COc1ccc(N2CCN(C(=O)c3c(C#N)ccn3-c3ccccc3Br)CC2)cc1. The zero-order valence-corrected chi connectivity index (χ0v) is 18.2. The molecule has 6 nitrogen and oxygen atoms in total. The van der Waals surface area contributed by atoms with Crippen molar-refractivity contribution in [2.24, 2.45) is 0 Å². The third kappa shape index (κ3) is 3.79. The Morgan fingerprint density at radius 3 is 2.37 bits per heavy atom. The van der Waals surface area contributed by atoms with E-state index in [-0.39, 0.29) is 5.91 Å². The van der Waals surface area contributed by atoms with Crippen LogP contribution in [0.3, 0.4) is 0 Å². The summed E-state index contributed by atoms with van der Waals surface area (Å²) in [4.78, 5) is 17.5. The lowest BCUT2D eigenvalue weighted by atomic mass is 10.2. The van der Waals surface area contributed by atoms with E-state index in [1.165, 1.54) is 0 Å². The Morgan fingerprint density at radius 2 is 1.73 bits per heavy atom. The Bertz CT molecular complexity index is 1090. The van der Waals surface area contributed by atoms with Gasteiger partial charge in [-0.1, -0.05) is 12.1 Å². The Balaban J connectivity index is 1.54. The molecule has 0 spiro atoms. The van der Waals surface area contributed by atoms with Crippen molar-refractivity contribution in [3.8, 4) is 17.5 Å². The van der Waals surface area contributed by atoms with E-state index in [4.69, 9.17) is 4.74 Å². The molecule has 1 amide bonds. The number of halogens is 1. The molecule has 1 fully saturated rings. The highest BCUT2D eigenvalue weighted by atomic mass is 79.9. The van der Waals surface area contributed by atoms with Crippen molar-refractivity contribution in [1.29, 1.82) is 5.26 Å². The van der Waals surface area contributed by atoms with E-state index < -0.39 is 0 Å². The van der Waals surface area contributed by atoms with E-state index in [0.29, 0.717) is 24.3 Å². The number of methoxy groups -OCH3 is 1. The lowest BCUT2D eigenvalue weighted by Crippen LogP contribution is -2.49. The monoisotopic (exact) mass is 464 g/mol. The molecule has 0 N–H and O–H groups in total. The second-order valence-electron chi connectivity index (χ2n) is 6.99. The zero-order valence-electron chi connectivity index (χ0n) is 16.6. The molecule has 7 heteroatoms. The molecule has 0 bridgehead atoms. The van der Waals surface area contributed by atoms with E-state index in [0.717, 1.165) is 34.7 Å². The molecular formula is C23H21BrN4O2. The molecule has 30 heavy (non-hydrogen) atoms. The minimum absolute atomic E-state index is 0.123. The highest BCUT2D eigenvalue weighted by molar-refractivity contribution is 9.10. The number of hydrogen-bond acceptors (Lipinski definition) is 4. The minimum atomic E-state index is -0.123. The summed E-state index contributed by atoms with van der Waals surface area (Å²) < 4.78 is 7.88. The van der Waals surface area contributed by atoms with Crippen molar-refractivity contribution in [3.05, 3.63) is 76.5 Å². The molecule has 1 aliphatic rings. The first-order chi connectivity index (χ1) is 14.6. The van der Waals surface area contributed by atoms with Gasteiger partial charge in [-0.15, -0.1) is 0 Å². The number of rotatable bonds is 4. The molecule has 2 heterocycles. The predicted octanol–water partition coefficient (Wildman–Crippen LogP) is 4.08. The molecular weight excluding hydrogens is 444 g/mol. The molecule has 0 saturated carbocycles. The smallest absolute Gasteiger partial charge is 0.272 e. The second-order valence-corrected chi connectivity index (χ2v) is 7.84. The van der Waals surface area contributed by atoms with E-state index in [2.05, 4.69) is 26.9 Å². The van der Waals surface area contributed by atoms with Crippen LogP contribution in [0.25, 0.3) is 5.69 Å². The first-order valence-corrected chi connectivity index (χ1v) is 10.5. The number of hydrogen-bond donors (Lipinski definition) is 0. The highest BCUT2D eigenvalue weighted by Crippen LogP contribution is 2.26. The molecule has 0 unspecified atom stereocenters. The fourth-order valence-electron chi connectivity index (χ4n) is 3.70. The summed E-state index contributed by atoms with van der Waals surface area (Å²) in [6, 6.07) is 19.5. The van der Waals surface area contributed by atoms with Crippen LogP contribution in [0.15, 0.2) is 65.3 Å². The summed E-state index contributed by atoms with van der Waals surface area (Å²) in [5.74, 6) is 0.700.